The number of nitrogens with one attached hydrogen (secondary N) is 2. The van der Waals surface area contributed by atoms with Crippen molar-refractivity contribution in [3.05, 3.63) is 47.9 Å². The van der Waals surface area contributed by atoms with Gasteiger partial charge < -0.3 is 10.3 Å². The predicted molar refractivity (Wildman–Crippen MR) is 83.9 cm³/mol. The van der Waals surface area contributed by atoms with Crippen LogP contribution in [0.4, 0.5) is 18.9 Å². The number of fused-ring (bicyclic) bond motifs is 1. The fourth-order valence-electron chi connectivity index (χ4n) is 2.27. The van der Waals surface area contributed by atoms with E-state index in [1.807, 2.05) is 20.0 Å². The predicted octanol–water partition coefficient (Wildman–Crippen LogP) is 4.22. The van der Waals surface area contributed by atoms with E-state index in [0.29, 0.717) is 11.2 Å². The van der Waals surface area contributed by atoms with E-state index in [1.54, 1.807) is 22.9 Å². The number of aromatic amines is 1. The van der Waals surface area contributed by atoms with Crippen LogP contribution in [0.25, 0.3) is 10.9 Å². The zero-order chi connectivity index (χ0) is 17.5. The molecule has 8 heteroatoms. The number of H-pyrrole nitrogens is 1. The Hall–Kier alpha value is -2.77. The summed E-state index contributed by atoms with van der Waals surface area (Å²) >= 11 is 0. The molecule has 0 spiro atoms. The Morgan fingerprint density at radius 3 is 2.62 bits per heavy atom. The molecule has 0 aliphatic carbocycles. The molecular formula is C16H15F3N4O. The Kier molecular flexibility index (Phi) is 3.82. The van der Waals surface area contributed by atoms with Gasteiger partial charge in [0.05, 0.1) is 5.52 Å². The molecular weight excluding hydrogens is 321 g/mol. The molecule has 0 bridgehead atoms. The highest BCUT2D eigenvalue weighted by Gasteiger charge is 2.32. The van der Waals surface area contributed by atoms with E-state index in [2.05, 4.69) is 15.4 Å². The maximum absolute atomic E-state index is 12.6. The summed E-state index contributed by atoms with van der Waals surface area (Å²) < 4.78 is 39.5. The SMILES string of the molecule is CC(C)n1cc2ccc(NC(=O)c3ccc(C(F)(F)F)[nH]3)cc2n1. The summed E-state index contributed by atoms with van der Waals surface area (Å²) in [5, 5.41) is 7.88. The van der Waals surface area contributed by atoms with Crippen LogP contribution in [-0.4, -0.2) is 20.7 Å². The molecule has 0 atom stereocenters. The third-order valence-corrected chi connectivity index (χ3v) is 3.55. The molecule has 2 aromatic heterocycles. The molecule has 0 aliphatic heterocycles. The number of alkyl halides is 3. The molecule has 3 aromatic rings. The first kappa shape index (κ1) is 16.1. The summed E-state index contributed by atoms with van der Waals surface area (Å²) in [7, 11) is 0. The molecule has 0 unspecified atom stereocenters. The molecule has 0 saturated heterocycles. The number of carbonyl (C=O) groups is 1. The van der Waals surface area contributed by atoms with Crippen molar-refractivity contribution in [2.24, 2.45) is 0 Å². The van der Waals surface area contributed by atoms with Gasteiger partial charge in [-0.05, 0) is 44.2 Å². The van der Waals surface area contributed by atoms with Crippen LogP contribution in [0.5, 0.6) is 0 Å². The van der Waals surface area contributed by atoms with Gasteiger partial charge in [-0.2, -0.15) is 18.3 Å². The first-order valence-corrected chi connectivity index (χ1v) is 7.30. The van der Waals surface area contributed by atoms with Gasteiger partial charge in [0, 0.05) is 23.3 Å². The number of halogens is 3. The molecule has 0 fully saturated rings. The van der Waals surface area contributed by atoms with Crippen molar-refractivity contribution in [2.75, 3.05) is 5.32 Å². The van der Waals surface area contributed by atoms with Crippen molar-refractivity contribution in [3.8, 4) is 0 Å². The minimum atomic E-state index is -4.51. The molecule has 5 nitrogen and oxygen atoms in total. The van der Waals surface area contributed by atoms with Crippen molar-refractivity contribution >= 4 is 22.5 Å². The molecule has 3 rings (SSSR count). The molecule has 2 heterocycles. The molecule has 126 valence electrons. The van der Waals surface area contributed by atoms with E-state index in [-0.39, 0.29) is 11.7 Å². The second kappa shape index (κ2) is 5.70. The van der Waals surface area contributed by atoms with E-state index < -0.39 is 17.8 Å². The van der Waals surface area contributed by atoms with Crippen LogP contribution in [0.3, 0.4) is 0 Å². The largest absolute Gasteiger partial charge is 0.431 e. The smallest absolute Gasteiger partial charge is 0.347 e. The lowest BCUT2D eigenvalue weighted by atomic mass is 10.2. The highest BCUT2D eigenvalue weighted by Crippen LogP contribution is 2.28. The number of amides is 1. The first-order valence-electron chi connectivity index (χ1n) is 7.30. The normalized spacial score (nSPS) is 12.1. The van der Waals surface area contributed by atoms with Crippen LogP contribution in [0.2, 0.25) is 0 Å². The van der Waals surface area contributed by atoms with Gasteiger partial charge >= 0.3 is 6.18 Å². The average molecular weight is 336 g/mol. The maximum Gasteiger partial charge on any atom is 0.431 e. The number of anilines is 1. The Bertz CT molecular complexity index is 892. The number of benzene rings is 1. The quantitative estimate of drug-likeness (QED) is 0.752. The van der Waals surface area contributed by atoms with E-state index in [0.717, 1.165) is 17.5 Å². The maximum atomic E-state index is 12.6. The summed E-state index contributed by atoms with van der Waals surface area (Å²) in [4.78, 5) is 14.1. The average Bonchev–Trinajstić information content (AvgIpc) is 3.13. The molecule has 0 radical (unpaired) electrons. The van der Waals surface area contributed by atoms with Gasteiger partial charge in [-0.25, -0.2) is 0 Å². The summed E-state index contributed by atoms with van der Waals surface area (Å²) in [5.74, 6) is -0.645. The standard InChI is InChI=1S/C16H15F3N4O/c1-9(2)23-8-10-3-4-11(7-13(10)22-23)20-15(24)12-5-6-14(21-12)16(17,18)19/h3-9,21H,1-2H3,(H,20,24). The van der Waals surface area contributed by atoms with Gasteiger partial charge in [0.15, 0.2) is 0 Å². The molecule has 2 N–H and O–H groups in total. The van der Waals surface area contributed by atoms with Gasteiger partial charge in [-0.1, -0.05) is 0 Å². The van der Waals surface area contributed by atoms with E-state index in [1.165, 1.54) is 0 Å². The number of hydrogen-bond acceptors (Lipinski definition) is 2. The van der Waals surface area contributed by atoms with E-state index in [9.17, 15) is 18.0 Å². The second-order valence-electron chi connectivity index (χ2n) is 5.71. The van der Waals surface area contributed by atoms with Crippen LogP contribution in [0.1, 0.15) is 36.1 Å². The van der Waals surface area contributed by atoms with Crippen LogP contribution < -0.4 is 5.32 Å². The number of nitrogens with zero attached hydrogens (tertiary/aromatic N) is 2. The molecule has 0 aliphatic rings. The third-order valence-electron chi connectivity index (χ3n) is 3.55. The van der Waals surface area contributed by atoms with Crippen LogP contribution in [0.15, 0.2) is 36.5 Å². The van der Waals surface area contributed by atoms with Gasteiger partial charge in [-0.15, -0.1) is 0 Å². The Morgan fingerprint density at radius 1 is 1.25 bits per heavy atom. The van der Waals surface area contributed by atoms with E-state index in [4.69, 9.17) is 0 Å². The van der Waals surface area contributed by atoms with Crippen LogP contribution in [0, 0.1) is 0 Å². The second-order valence-corrected chi connectivity index (χ2v) is 5.71. The Labute approximate surface area is 135 Å². The van der Waals surface area contributed by atoms with Crippen molar-refractivity contribution in [2.45, 2.75) is 26.1 Å². The van der Waals surface area contributed by atoms with Crippen LogP contribution >= 0.6 is 0 Å². The number of rotatable bonds is 3. The van der Waals surface area contributed by atoms with Gasteiger partial charge in [0.2, 0.25) is 0 Å². The van der Waals surface area contributed by atoms with Crippen molar-refractivity contribution in [1.29, 1.82) is 0 Å². The van der Waals surface area contributed by atoms with Crippen molar-refractivity contribution < 1.29 is 18.0 Å². The summed E-state index contributed by atoms with van der Waals surface area (Å²) in [5.41, 5.74) is 0.0440. The minimum absolute atomic E-state index is 0.157. The lowest BCUT2D eigenvalue weighted by Gasteiger charge is -2.05. The van der Waals surface area contributed by atoms with Crippen molar-refractivity contribution in [1.82, 2.24) is 14.8 Å². The first-order chi connectivity index (χ1) is 11.2. The summed E-state index contributed by atoms with van der Waals surface area (Å²) in [6.07, 6.45) is -2.62. The van der Waals surface area contributed by atoms with Crippen LogP contribution in [-0.2, 0) is 6.18 Å². The lowest BCUT2D eigenvalue weighted by molar-refractivity contribution is -0.140. The zero-order valence-corrected chi connectivity index (χ0v) is 13.0. The van der Waals surface area contributed by atoms with Gasteiger partial charge in [0.1, 0.15) is 11.4 Å². The molecule has 1 aromatic carbocycles. The Balaban J connectivity index is 1.81. The fourth-order valence-corrected chi connectivity index (χ4v) is 2.27. The zero-order valence-electron chi connectivity index (χ0n) is 13.0. The Morgan fingerprint density at radius 2 is 2.00 bits per heavy atom. The summed E-state index contributed by atoms with van der Waals surface area (Å²) in [6, 6.07) is 7.30. The molecule has 24 heavy (non-hydrogen) atoms. The number of hydrogen-bond donors (Lipinski definition) is 2. The molecule has 1 amide bonds. The molecule has 0 saturated carbocycles. The number of aromatic nitrogens is 3. The third kappa shape index (κ3) is 3.12. The number of carbonyl (C=O) groups excluding carboxylic acids is 1. The summed E-state index contributed by atoms with van der Waals surface area (Å²) in [6.45, 7) is 4.00. The van der Waals surface area contributed by atoms with Gasteiger partial charge in [-0.3, -0.25) is 9.48 Å². The highest BCUT2D eigenvalue weighted by molar-refractivity contribution is 6.03. The fraction of sp³-hybridized carbons (Fsp3) is 0.250. The lowest BCUT2D eigenvalue weighted by Crippen LogP contribution is -2.13. The van der Waals surface area contributed by atoms with E-state index >= 15 is 0 Å². The monoisotopic (exact) mass is 336 g/mol. The van der Waals surface area contributed by atoms with Gasteiger partial charge in [0.25, 0.3) is 5.91 Å². The highest BCUT2D eigenvalue weighted by atomic mass is 19.4. The minimum Gasteiger partial charge on any atom is -0.347 e. The topological polar surface area (TPSA) is 62.7 Å². The van der Waals surface area contributed by atoms with Crippen molar-refractivity contribution in [3.63, 3.8) is 0 Å².